The molecule has 1 aliphatic heterocycles. The van der Waals surface area contributed by atoms with Gasteiger partial charge in [0.1, 0.15) is 6.04 Å². The highest BCUT2D eigenvalue weighted by Gasteiger charge is 2.33. The quantitative estimate of drug-likeness (QED) is 0.891. The van der Waals surface area contributed by atoms with Crippen LogP contribution in [0.2, 0.25) is 0 Å². The van der Waals surface area contributed by atoms with Gasteiger partial charge >= 0.3 is 6.18 Å². The molecule has 0 aromatic heterocycles. The summed E-state index contributed by atoms with van der Waals surface area (Å²) in [7, 11) is 0. The van der Waals surface area contributed by atoms with Crippen molar-refractivity contribution in [3.05, 3.63) is 35.4 Å². The van der Waals surface area contributed by atoms with E-state index in [2.05, 4.69) is 10.6 Å². The largest absolute Gasteiger partial charge is 0.416 e. The van der Waals surface area contributed by atoms with E-state index in [1.165, 1.54) is 6.07 Å². The van der Waals surface area contributed by atoms with Crippen LogP contribution in [-0.4, -0.2) is 24.4 Å². The maximum Gasteiger partial charge on any atom is 0.416 e. The summed E-state index contributed by atoms with van der Waals surface area (Å²) in [6.07, 6.45) is -3.65. The topological polar surface area (TPSA) is 58.2 Å². The summed E-state index contributed by atoms with van der Waals surface area (Å²) in [5.74, 6) is -0.474. The van der Waals surface area contributed by atoms with Crippen molar-refractivity contribution in [1.82, 2.24) is 10.6 Å². The van der Waals surface area contributed by atoms with Gasteiger partial charge in [-0.15, -0.1) is 0 Å². The van der Waals surface area contributed by atoms with Crippen LogP contribution in [0.15, 0.2) is 24.3 Å². The molecule has 2 amide bonds. The van der Waals surface area contributed by atoms with Crippen LogP contribution in [0.25, 0.3) is 0 Å². The van der Waals surface area contributed by atoms with Crippen LogP contribution in [0.3, 0.4) is 0 Å². The number of halogens is 3. The summed E-state index contributed by atoms with van der Waals surface area (Å²) in [6, 6.07) is 4.53. The van der Waals surface area contributed by atoms with Gasteiger partial charge in [-0.2, -0.15) is 13.2 Å². The van der Waals surface area contributed by atoms with Gasteiger partial charge in [-0.3, -0.25) is 9.59 Å². The Bertz CT molecular complexity index is 612. The lowest BCUT2D eigenvalue weighted by Crippen LogP contribution is -2.45. The van der Waals surface area contributed by atoms with Crippen molar-refractivity contribution in [2.24, 2.45) is 0 Å². The summed E-state index contributed by atoms with van der Waals surface area (Å²) >= 11 is 0. The zero-order valence-electron chi connectivity index (χ0n) is 13.0. The molecule has 0 bridgehead atoms. The number of carbonyl (C=O) groups is 2. The maximum atomic E-state index is 12.8. The molecule has 1 aromatic rings. The Morgan fingerprint density at radius 1 is 1.30 bits per heavy atom. The van der Waals surface area contributed by atoms with Crippen molar-refractivity contribution in [3.63, 3.8) is 0 Å². The molecule has 1 aliphatic rings. The first kappa shape index (κ1) is 17.3. The van der Waals surface area contributed by atoms with Gasteiger partial charge in [-0.25, -0.2) is 0 Å². The number of benzene rings is 1. The molecule has 0 saturated carbocycles. The Kier molecular flexibility index (Phi) is 4.68. The van der Waals surface area contributed by atoms with Crippen LogP contribution >= 0.6 is 0 Å². The number of alkyl halides is 3. The molecule has 0 aliphatic carbocycles. The van der Waals surface area contributed by atoms with Gasteiger partial charge in [0, 0.05) is 18.4 Å². The molecule has 7 heteroatoms. The van der Waals surface area contributed by atoms with E-state index in [1.54, 1.807) is 19.9 Å². The highest BCUT2D eigenvalue weighted by molar-refractivity contribution is 5.90. The second-order valence-electron chi connectivity index (χ2n) is 6.34. The predicted molar refractivity (Wildman–Crippen MR) is 78.6 cm³/mol. The minimum absolute atomic E-state index is 0.165. The van der Waals surface area contributed by atoms with Crippen molar-refractivity contribution in [2.75, 3.05) is 6.54 Å². The van der Waals surface area contributed by atoms with Crippen molar-refractivity contribution >= 4 is 11.8 Å². The molecular formula is C16H19F3N2O2. The number of carbonyl (C=O) groups excluding carboxylic acids is 2. The van der Waals surface area contributed by atoms with E-state index in [0.717, 1.165) is 12.1 Å². The molecule has 23 heavy (non-hydrogen) atoms. The van der Waals surface area contributed by atoms with Crippen molar-refractivity contribution in [2.45, 2.75) is 44.3 Å². The van der Waals surface area contributed by atoms with Gasteiger partial charge in [0.15, 0.2) is 0 Å². The normalized spacial score (nSPS) is 18.7. The fraction of sp³-hybridized carbons (Fsp3) is 0.500. The van der Waals surface area contributed by atoms with Crippen LogP contribution in [0.4, 0.5) is 13.2 Å². The van der Waals surface area contributed by atoms with Crippen molar-refractivity contribution in [1.29, 1.82) is 0 Å². The Labute approximate surface area is 132 Å². The number of nitrogens with one attached hydrogen (secondary N) is 2. The van der Waals surface area contributed by atoms with Crippen LogP contribution < -0.4 is 10.6 Å². The van der Waals surface area contributed by atoms with Crippen LogP contribution in [0.5, 0.6) is 0 Å². The van der Waals surface area contributed by atoms with E-state index < -0.39 is 23.2 Å². The minimum atomic E-state index is -4.40. The summed E-state index contributed by atoms with van der Waals surface area (Å²) in [6.45, 7) is 3.70. The highest BCUT2D eigenvalue weighted by atomic mass is 19.4. The van der Waals surface area contributed by atoms with Gasteiger partial charge < -0.3 is 10.6 Å². The number of hydrogen-bond acceptors (Lipinski definition) is 2. The molecule has 1 heterocycles. The van der Waals surface area contributed by atoms with Gasteiger partial charge in [-0.05, 0) is 18.1 Å². The minimum Gasteiger partial charge on any atom is -0.353 e. The lowest BCUT2D eigenvalue weighted by Gasteiger charge is -2.27. The summed E-state index contributed by atoms with van der Waals surface area (Å²) < 4.78 is 38.4. The average molecular weight is 328 g/mol. The predicted octanol–water partition coefficient (Wildman–Crippen LogP) is 2.38. The van der Waals surface area contributed by atoms with E-state index >= 15 is 0 Å². The van der Waals surface area contributed by atoms with Gasteiger partial charge in [-0.1, -0.05) is 32.0 Å². The van der Waals surface area contributed by atoms with Crippen LogP contribution in [0, 0.1) is 0 Å². The Morgan fingerprint density at radius 3 is 2.52 bits per heavy atom. The van der Waals surface area contributed by atoms with Crippen LogP contribution in [-0.2, 0) is 21.2 Å². The zero-order chi connectivity index (χ0) is 17.3. The number of amides is 2. The monoisotopic (exact) mass is 328 g/mol. The molecule has 1 unspecified atom stereocenters. The number of rotatable bonds is 4. The second-order valence-corrected chi connectivity index (χ2v) is 6.34. The fourth-order valence-corrected chi connectivity index (χ4v) is 2.46. The van der Waals surface area contributed by atoms with E-state index in [9.17, 15) is 22.8 Å². The van der Waals surface area contributed by atoms with Gasteiger partial charge in [0.25, 0.3) is 0 Å². The third kappa shape index (κ3) is 4.24. The van der Waals surface area contributed by atoms with Gasteiger partial charge in [0.05, 0.1) is 5.56 Å². The average Bonchev–Trinajstić information content (AvgIpc) is 2.91. The molecule has 1 aromatic carbocycles. The van der Waals surface area contributed by atoms with E-state index in [1.807, 2.05) is 0 Å². The number of hydrogen-bond donors (Lipinski definition) is 2. The Morgan fingerprint density at radius 2 is 1.96 bits per heavy atom. The Balaban J connectivity index is 2.04. The van der Waals surface area contributed by atoms with Crippen molar-refractivity contribution in [3.8, 4) is 0 Å². The van der Waals surface area contributed by atoms with Crippen LogP contribution in [0.1, 0.15) is 37.8 Å². The second kappa shape index (κ2) is 6.22. The molecule has 4 nitrogen and oxygen atoms in total. The maximum absolute atomic E-state index is 12.8. The molecule has 1 atom stereocenters. The zero-order valence-corrected chi connectivity index (χ0v) is 13.0. The summed E-state index contributed by atoms with van der Waals surface area (Å²) in [5.41, 5.74) is -0.889. The molecule has 2 rings (SSSR count). The Hall–Kier alpha value is -2.05. The summed E-state index contributed by atoms with van der Waals surface area (Å²) in [4.78, 5) is 23.1. The molecule has 2 N–H and O–H groups in total. The standard InChI is InChI=1S/C16H19F3N2O2/c1-15(2,9-20-14(23)12-6-7-13(22)21-12)10-4-3-5-11(8-10)16(17,18)19/h3-5,8,12H,6-7,9H2,1-2H3,(H,20,23)(H,21,22). The van der Waals surface area contributed by atoms with Crippen molar-refractivity contribution < 1.29 is 22.8 Å². The first-order valence-electron chi connectivity index (χ1n) is 7.34. The summed E-state index contributed by atoms with van der Waals surface area (Å²) in [5, 5.41) is 5.27. The lowest BCUT2D eigenvalue weighted by atomic mass is 9.83. The molecule has 0 spiro atoms. The third-order valence-corrected chi connectivity index (χ3v) is 3.99. The van der Waals surface area contributed by atoms with E-state index in [-0.39, 0.29) is 18.4 Å². The fourth-order valence-electron chi connectivity index (χ4n) is 2.46. The molecule has 126 valence electrons. The van der Waals surface area contributed by atoms with Gasteiger partial charge in [0.2, 0.25) is 11.8 Å². The SMILES string of the molecule is CC(C)(CNC(=O)C1CCC(=O)N1)c1cccc(C(F)(F)F)c1. The smallest absolute Gasteiger partial charge is 0.353 e. The molecule has 1 saturated heterocycles. The molecule has 1 fully saturated rings. The van der Waals surface area contributed by atoms with E-state index in [4.69, 9.17) is 0 Å². The molecular weight excluding hydrogens is 309 g/mol. The third-order valence-electron chi connectivity index (χ3n) is 3.99. The molecule has 0 radical (unpaired) electrons. The first-order chi connectivity index (χ1) is 10.6. The lowest BCUT2D eigenvalue weighted by molar-refractivity contribution is -0.137. The highest BCUT2D eigenvalue weighted by Crippen LogP contribution is 2.32. The van der Waals surface area contributed by atoms with E-state index in [0.29, 0.717) is 18.4 Å². The first-order valence-corrected chi connectivity index (χ1v) is 7.34.